The van der Waals surface area contributed by atoms with E-state index in [9.17, 15) is 5.11 Å². The zero-order valence-corrected chi connectivity index (χ0v) is 10.00. The maximum atomic E-state index is 10.1. The van der Waals surface area contributed by atoms with Gasteiger partial charge in [0.1, 0.15) is 5.75 Å². The molecule has 0 amide bonds. The topological polar surface area (TPSA) is 46.2 Å². The van der Waals surface area contributed by atoms with Gasteiger partial charge in [-0.15, -0.1) is 11.3 Å². The number of aromatic hydroxyl groups is 1. The SMILES string of the molecule is CCc1cccc([C@H](N)c2cccs2)c1O. The highest BCUT2D eigenvalue weighted by Gasteiger charge is 2.15. The summed E-state index contributed by atoms with van der Waals surface area (Å²) >= 11 is 1.61. The number of hydrogen-bond acceptors (Lipinski definition) is 3. The summed E-state index contributed by atoms with van der Waals surface area (Å²) in [5, 5.41) is 12.1. The van der Waals surface area contributed by atoms with E-state index in [1.165, 1.54) is 0 Å². The smallest absolute Gasteiger partial charge is 0.123 e. The number of para-hydroxylation sites is 1. The fourth-order valence-electron chi connectivity index (χ4n) is 1.77. The first-order chi connectivity index (χ1) is 7.74. The maximum Gasteiger partial charge on any atom is 0.123 e. The molecule has 0 unspecified atom stereocenters. The molecule has 16 heavy (non-hydrogen) atoms. The second kappa shape index (κ2) is 4.68. The van der Waals surface area contributed by atoms with Crippen LogP contribution in [0.3, 0.4) is 0 Å². The van der Waals surface area contributed by atoms with E-state index in [1.54, 1.807) is 11.3 Å². The van der Waals surface area contributed by atoms with Crippen LogP contribution in [0.1, 0.15) is 29.0 Å². The van der Waals surface area contributed by atoms with Crippen LogP contribution in [0.4, 0.5) is 0 Å². The van der Waals surface area contributed by atoms with Crippen molar-refractivity contribution in [1.82, 2.24) is 0 Å². The molecular formula is C13H15NOS. The number of nitrogens with two attached hydrogens (primary N) is 1. The Labute approximate surface area is 99.4 Å². The van der Waals surface area contributed by atoms with Crippen molar-refractivity contribution in [1.29, 1.82) is 0 Å². The third-order valence-electron chi connectivity index (χ3n) is 2.72. The fraction of sp³-hybridized carbons (Fsp3) is 0.231. The molecule has 1 aromatic heterocycles. The minimum atomic E-state index is -0.230. The summed E-state index contributed by atoms with van der Waals surface area (Å²) in [5.74, 6) is 0.339. The second-order valence-corrected chi connectivity index (χ2v) is 4.68. The Balaban J connectivity index is 2.41. The Kier molecular flexibility index (Phi) is 3.27. The highest BCUT2D eigenvalue weighted by molar-refractivity contribution is 7.10. The minimum Gasteiger partial charge on any atom is -0.507 e. The average Bonchev–Trinajstić information content (AvgIpc) is 2.82. The van der Waals surface area contributed by atoms with Gasteiger partial charge in [-0.3, -0.25) is 0 Å². The quantitative estimate of drug-likeness (QED) is 0.855. The third kappa shape index (κ3) is 1.96. The molecule has 0 fully saturated rings. The summed E-state index contributed by atoms with van der Waals surface area (Å²) in [6.45, 7) is 2.02. The van der Waals surface area contributed by atoms with Crippen molar-refractivity contribution < 1.29 is 5.11 Å². The van der Waals surface area contributed by atoms with Gasteiger partial charge in [-0.05, 0) is 23.4 Å². The van der Waals surface area contributed by atoms with E-state index >= 15 is 0 Å². The molecule has 0 bridgehead atoms. The van der Waals surface area contributed by atoms with Gasteiger partial charge in [-0.2, -0.15) is 0 Å². The van der Waals surface area contributed by atoms with E-state index in [2.05, 4.69) is 0 Å². The zero-order valence-electron chi connectivity index (χ0n) is 9.18. The van der Waals surface area contributed by atoms with Crippen molar-refractivity contribution in [2.75, 3.05) is 0 Å². The Morgan fingerprint density at radius 3 is 2.75 bits per heavy atom. The van der Waals surface area contributed by atoms with Crippen LogP contribution in [0, 0.1) is 0 Å². The van der Waals surface area contributed by atoms with Crippen molar-refractivity contribution in [2.45, 2.75) is 19.4 Å². The molecule has 1 atom stereocenters. The fourth-order valence-corrected chi connectivity index (χ4v) is 2.51. The van der Waals surface area contributed by atoms with Crippen LogP contribution in [0.5, 0.6) is 5.75 Å². The molecule has 0 spiro atoms. The van der Waals surface area contributed by atoms with E-state index in [1.807, 2.05) is 42.6 Å². The zero-order chi connectivity index (χ0) is 11.5. The predicted molar refractivity (Wildman–Crippen MR) is 67.8 cm³/mol. The van der Waals surface area contributed by atoms with Crippen LogP contribution in [-0.2, 0) is 6.42 Å². The number of phenolic OH excluding ortho intramolecular Hbond substituents is 1. The normalized spacial score (nSPS) is 12.6. The van der Waals surface area contributed by atoms with Crippen LogP contribution < -0.4 is 5.73 Å². The third-order valence-corrected chi connectivity index (χ3v) is 3.67. The molecule has 2 rings (SSSR count). The lowest BCUT2D eigenvalue weighted by atomic mass is 10.0. The maximum absolute atomic E-state index is 10.1. The summed E-state index contributed by atoms with van der Waals surface area (Å²) in [4.78, 5) is 1.07. The van der Waals surface area contributed by atoms with Crippen molar-refractivity contribution in [2.24, 2.45) is 5.73 Å². The van der Waals surface area contributed by atoms with E-state index in [0.29, 0.717) is 5.75 Å². The van der Waals surface area contributed by atoms with Crippen molar-refractivity contribution >= 4 is 11.3 Å². The van der Waals surface area contributed by atoms with E-state index in [0.717, 1.165) is 22.4 Å². The molecule has 0 aliphatic heterocycles. The van der Waals surface area contributed by atoms with Gasteiger partial charge in [0.15, 0.2) is 0 Å². The van der Waals surface area contributed by atoms with Crippen LogP contribution in [0.15, 0.2) is 35.7 Å². The van der Waals surface area contributed by atoms with Gasteiger partial charge in [0, 0.05) is 10.4 Å². The van der Waals surface area contributed by atoms with Crippen LogP contribution >= 0.6 is 11.3 Å². The molecule has 84 valence electrons. The summed E-state index contributed by atoms with van der Waals surface area (Å²) < 4.78 is 0. The summed E-state index contributed by atoms with van der Waals surface area (Å²) in [6, 6.07) is 9.50. The predicted octanol–water partition coefficient (Wildman–Crippen LogP) is 3.06. The number of benzene rings is 1. The number of thiophene rings is 1. The lowest BCUT2D eigenvalue weighted by Crippen LogP contribution is -2.10. The van der Waals surface area contributed by atoms with Gasteiger partial charge < -0.3 is 10.8 Å². The van der Waals surface area contributed by atoms with Crippen LogP contribution in [-0.4, -0.2) is 5.11 Å². The van der Waals surface area contributed by atoms with E-state index < -0.39 is 0 Å². The van der Waals surface area contributed by atoms with Crippen LogP contribution in [0.2, 0.25) is 0 Å². The monoisotopic (exact) mass is 233 g/mol. The highest BCUT2D eigenvalue weighted by Crippen LogP contribution is 2.32. The first-order valence-corrected chi connectivity index (χ1v) is 6.21. The highest BCUT2D eigenvalue weighted by atomic mass is 32.1. The summed E-state index contributed by atoms with van der Waals surface area (Å²) in [6.07, 6.45) is 0.816. The van der Waals surface area contributed by atoms with Gasteiger partial charge >= 0.3 is 0 Å². The lowest BCUT2D eigenvalue weighted by molar-refractivity contribution is 0.459. The number of rotatable bonds is 3. The Morgan fingerprint density at radius 1 is 1.31 bits per heavy atom. The van der Waals surface area contributed by atoms with Gasteiger partial charge in [0.25, 0.3) is 0 Å². The molecule has 1 aromatic carbocycles. The van der Waals surface area contributed by atoms with E-state index in [-0.39, 0.29) is 6.04 Å². The molecule has 3 heteroatoms. The first kappa shape index (κ1) is 11.2. The minimum absolute atomic E-state index is 0.230. The number of aryl methyl sites for hydroxylation is 1. The molecular weight excluding hydrogens is 218 g/mol. The molecule has 2 aromatic rings. The molecule has 2 nitrogen and oxygen atoms in total. The molecule has 0 aliphatic rings. The van der Waals surface area contributed by atoms with Gasteiger partial charge in [0.2, 0.25) is 0 Å². The van der Waals surface area contributed by atoms with Gasteiger partial charge in [0.05, 0.1) is 6.04 Å². The Hall–Kier alpha value is -1.32. The standard InChI is InChI=1S/C13H15NOS/c1-2-9-5-3-6-10(13(9)15)12(14)11-7-4-8-16-11/h3-8,12,15H,2,14H2,1H3/t12-/m0/s1. The van der Waals surface area contributed by atoms with Crippen molar-refractivity contribution in [3.8, 4) is 5.75 Å². The summed E-state index contributed by atoms with van der Waals surface area (Å²) in [5.41, 5.74) is 7.89. The Bertz CT molecular complexity index is 465. The van der Waals surface area contributed by atoms with Gasteiger partial charge in [-0.25, -0.2) is 0 Å². The average molecular weight is 233 g/mol. The number of phenols is 1. The molecule has 0 saturated heterocycles. The van der Waals surface area contributed by atoms with Crippen molar-refractivity contribution in [3.05, 3.63) is 51.7 Å². The Morgan fingerprint density at radius 2 is 2.12 bits per heavy atom. The van der Waals surface area contributed by atoms with Crippen LogP contribution in [0.25, 0.3) is 0 Å². The molecule has 0 radical (unpaired) electrons. The lowest BCUT2D eigenvalue weighted by Gasteiger charge is -2.14. The first-order valence-electron chi connectivity index (χ1n) is 5.33. The van der Waals surface area contributed by atoms with Gasteiger partial charge in [-0.1, -0.05) is 31.2 Å². The van der Waals surface area contributed by atoms with Crippen molar-refractivity contribution in [3.63, 3.8) is 0 Å². The summed E-state index contributed by atoms with van der Waals surface area (Å²) in [7, 11) is 0. The molecule has 0 saturated carbocycles. The molecule has 0 aliphatic carbocycles. The second-order valence-electron chi connectivity index (χ2n) is 3.70. The molecule has 3 N–H and O–H groups in total. The number of hydrogen-bond donors (Lipinski definition) is 2. The largest absolute Gasteiger partial charge is 0.507 e. The van der Waals surface area contributed by atoms with E-state index in [4.69, 9.17) is 5.73 Å². The molecule has 1 heterocycles.